The fourth-order valence-electron chi connectivity index (χ4n) is 18.7. The molecule has 0 saturated carbocycles. The Balaban J connectivity index is 0.913. The van der Waals surface area contributed by atoms with Gasteiger partial charge in [0.25, 0.3) is 5.79 Å². The van der Waals surface area contributed by atoms with E-state index in [0.717, 1.165) is 41.5 Å². The maximum Gasteiger partial charge on any atom is 0.364 e. The van der Waals surface area contributed by atoms with E-state index in [4.69, 9.17) is 99.5 Å². The van der Waals surface area contributed by atoms with Gasteiger partial charge in [0.2, 0.25) is 35.4 Å². The van der Waals surface area contributed by atoms with Gasteiger partial charge in [0.05, 0.1) is 84.3 Å². The van der Waals surface area contributed by atoms with E-state index in [1.54, 1.807) is 0 Å². The third kappa shape index (κ3) is 27.0. The Kier molecular flexibility index (Phi) is 42.7. The molecule has 836 valence electrons. The zero-order chi connectivity index (χ0) is 107. The second-order valence-corrected chi connectivity index (χ2v) is 36.7. The summed E-state index contributed by atoms with van der Waals surface area (Å²) in [6, 6.07) is -11.4. The van der Waals surface area contributed by atoms with Gasteiger partial charge in [-0.15, -0.1) is 0 Å². The molecule has 0 aromatic rings. The lowest BCUT2D eigenvalue weighted by Crippen LogP contribution is -2.71. The number of carbonyl (C=O) groups is 7. The first kappa shape index (κ1) is 120. The molecule has 11 heterocycles. The van der Waals surface area contributed by atoms with Gasteiger partial charge in [-0.1, -0.05) is 0 Å². The van der Waals surface area contributed by atoms with Crippen LogP contribution >= 0.6 is 0 Å². The first-order chi connectivity index (χ1) is 68.3. The molecule has 64 nitrogen and oxygen atoms in total. The second-order valence-electron chi connectivity index (χ2n) is 36.7. The monoisotopic (exact) mass is 2120 g/mol. The zero-order valence-corrected chi connectivity index (χ0v) is 78.4. The summed E-state index contributed by atoms with van der Waals surface area (Å²) in [4.78, 5) is 90.1. The van der Waals surface area contributed by atoms with E-state index in [1.165, 1.54) is 6.92 Å². The van der Waals surface area contributed by atoms with E-state index < -0.39 is 457 Å². The Bertz CT molecular complexity index is 4150. The molecule has 6 amide bonds. The average molecular weight is 2120 g/mol. The highest BCUT2D eigenvalue weighted by Crippen LogP contribution is 2.43. The van der Waals surface area contributed by atoms with Crippen molar-refractivity contribution in [3.05, 3.63) is 0 Å². The van der Waals surface area contributed by atoms with E-state index in [-0.39, 0.29) is 0 Å². The Morgan fingerprint density at radius 1 is 0.297 bits per heavy atom. The van der Waals surface area contributed by atoms with Gasteiger partial charge in [0.15, 0.2) is 62.9 Å². The fraction of sp³-hybridized carbons (Fsp3) is 0.914. The summed E-state index contributed by atoms with van der Waals surface area (Å²) in [5, 5.41) is 353. The summed E-state index contributed by atoms with van der Waals surface area (Å²) in [6.07, 6.45) is -107. The van der Waals surface area contributed by atoms with Gasteiger partial charge in [-0.2, -0.15) is 0 Å². The van der Waals surface area contributed by atoms with Gasteiger partial charge in [-0.05, 0) is 6.92 Å². The first-order valence-corrected chi connectivity index (χ1v) is 46.1. The minimum absolute atomic E-state index is 0.833. The number of amides is 6. The summed E-state index contributed by atoms with van der Waals surface area (Å²) < 4.78 is 126. The summed E-state index contributed by atoms with van der Waals surface area (Å²) in [6.45, 7) is -5.03. The average Bonchev–Trinajstić information content (AvgIpc) is 0.760. The lowest BCUT2D eigenvalue weighted by Gasteiger charge is -2.51. The van der Waals surface area contributed by atoms with Gasteiger partial charge in [-0.3, -0.25) is 28.8 Å². The highest BCUT2D eigenvalue weighted by molar-refractivity contribution is 5.77. The topological polar surface area (TPSA) is 992 Å². The molecule has 0 spiro atoms. The first-order valence-electron chi connectivity index (χ1n) is 46.1. The number of aliphatic hydroxyl groups excluding tert-OH is 29. The third-order valence-corrected chi connectivity index (χ3v) is 26.3. The molecule has 36 N–H and O–H groups in total. The number of hydrogen-bond donors (Lipinski definition) is 36. The van der Waals surface area contributed by atoms with Gasteiger partial charge < -0.3 is 285 Å². The van der Waals surface area contributed by atoms with Crippen LogP contribution in [0.1, 0.15) is 54.9 Å². The summed E-state index contributed by atoms with van der Waals surface area (Å²) in [5.41, 5.74) is 0. The van der Waals surface area contributed by atoms with Crippen LogP contribution in [0.25, 0.3) is 0 Å². The van der Waals surface area contributed by atoms with Gasteiger partial charge in [-0.25, -0.2) is 4.79 Å². The van der Waals surface area contributed by atoms with Crippen LogP contribution in [-0.2, 0) is 133 Å². The molecule has 11 saturated heterocycles. The molecule has 11 aliphatic heterocycles. The lowest BCUT2D eigenvalue weighted by atomic mass is 9.88. The van der Waals surface area contributed by atoms with E-state index in [9.17, 15) is 187 Å². The molecule has 11 fully saturated rings. The number of carboxylic acid groups (broad SMARTS) is 1. The van der Waals surface area contributed by atoms with Gasteiger partial charge in [0, 0.05) is 48.0 Å². The molecular weight excluding hydrogens is 1980 g/mol. The van der Waals surface area contributed by atoms with E-state index in [1.807, 2.05) is 0 Å². The molecule has 0 aliphatic carbocycles. The Morgan fingerprint density at radius 3 is 1.05 bits per heavy atom. The van der Waals surface area contributed by atoms with Crippen LogP contribution in [0.5, 0.6) is 0 Å². The van der Waals surface area contributed by atoms with Crippen molar-refractivity contribution in [3.63, 3.8) is 0 Å². The van der Waals surface area contributed by atoms with Crippen molar-refractivity contribution in [2.45, 2.75) is 398 Å². The van der Waals surface area contributed by atoms with Crippen LogP contribution in [0.15, 0.2) is 0 Å². The summed E-state index contributed by atoms with van der Waals surface area (Å²) >= 11 is 0. The van der Waals surface area contributed by atoms with Crippen molar-refractivity contribution in [2.75, 3.05) is 66.1 Å². The Labute approximate surface area is 821 Å². The molecular formula is C81H134N6O58. The highest BCUT2D eigenvalue weighted by atomic mass is 16.8. The van der Waals surface area contributed by atoms with Crippen LogP contribution in [0.3, 0.4) is 0 Å². The maximum absolute atomic E-state index is 13.4. The van der Waals surface area contributed by atoms with Gasteiger partial charge in [0.1, 0.15) is 256 Å². The van der Waals surface area contributed by atoms with Crippen molar-refractivity contribution in [3.8, 4) is 0 Å². The van der Waals surface area contributed by atoms with E-state index in [2.05, 4.69) is 31.9 Å². The second kappa shape index (κ2) is 51.8. The van der Waals surface area contributed by atoms with Crippen molar-refractivity contribution < 1.29 is 286 Å². The highest BCUT2D eigenvalue weighted by Gasteiger charge is 2.64. The van der Waals surface area contributed by atoms with Crippen LogP contribution in [0, 0.1) is 0 Å². The van der Waals surface area contributed by atoms with E-state index in [0.29, 0.717) is 0 Å². The predicted molar refractivity (Wildman–Crippen MR) is 448 cm³/mol. The van der Waals surface area contributed by atoms with Gasteiger partial charge >= 0.3 is 5.97 Å². The number of ether oxygens (including phenoxy) is 21. The zero-order valence-electron chi connectivity index (χ0n) is 78.4. The number of rotatable bonds is 39. The molecule has 11 aliphatic rings. The third-order valence-electron chi connectivity index (χ3n) is 26.3. The maximum atomic E-state index is 13.4. The molecule has 0 aromatic carbocycles. The number of carboxylic acids is 1. The molecule has 0 aromatic heterocycles. The number of nitrogens with one attached hydrogen (secondary N) is 6. The molecule has 11 rings (SSSR count). The van der Waals surface area contributed by atoms with Crippen molar-refractivity contribution in [1.29, 1.82) is 0 Å². The Hall–Kier alpha value is -5.71. The summed E-state index contributed by atoms with van der Waals surface area (Å²) in [5.74, 6) is -10.9. The smallest absolute Gasteiger partial charge is 0.364 e. The lowest BCUT2D eigenvalue weighted by molar-refractivity contribution is -0.399. The van der Waals surface area contributed by atoms with E-state index >= 15 is 0 Å². The minimum Gasteiger partial charge on any atom is -0.477 e. The molecule has 56 atom stereocenters. The minimum atomic E-state index is -3.13. The Morgan fingerprint density at radius 2 is 0.614 bits per heavy atom. The number of hydrogen-bond acceptors (Lipinski definition) is 57. The molecule has 0 radical (unpaired) electrons. The molecule has 0 bridgehead atoms. The van der Waals surface area contributed by atoms with Crippen molar-refractivity contribution in [2.24, 2.45) is 0 Å². The quantitative estimate of drug-likeness (QED) is 0.0272. The normalized spacial score (nSPS) is 47.2. The predicted octanol–water partition coefficient (Wildman–Crippen LogP) is -23.9. The largest absolute Gasteiger partial charge is 0.477 e. The fourth-order valence-corrected chi connectivity index (χ4v) is 18.7. The molecule has 145 heavy (non-hydrogen) atoms. The molecule has 1 unspecified atom stereocenters. The van der Waals surface area contributed by atoms with Crippen LogP contribution in [0.2, 0.25) is 0 Å². The van der Waals surface area contributed by atoms with Crippen LogP contribution < -0.4 is 31.9 Å². The molecule has 64 heteroatoms. The number of aliphatic carboxylic acids is 1. The van der Waals surface area contributed by atoms with Crippen molar-refractivity contribution in [1.82, 2.24) is 31.9 Å². The number of aliphatic hydroxyl groups is 29. The van der Waals surface area contributed by atoms with Crippen LogP contribution in [0.4, 0.5) is 0 Å². The number of carbonyl (C=O) groups excluding carboxylic acids is 6. The van der Waals surface area contributed by atoms with Crippen LogP contribution in [-0.4, -0.2) is 604 Å². The standard InChI is InChI=1S/C81H134N6O58/c1-19-43(103)55(115)59(119)75(128-19)125-17-36-65(51(111)38(70(122)129-36)83-21(3)96)139-72-40(85-23(5)98)53(113)64(33(15-94)133-72)141-77-61(121)67(49(109)34(136-77)16-126-78-68(57(117)46(106)29(11-90)131-78)143-73-41(86-24(6)99)52(112)62(31(13-92)134-73)138-71-39(84-22(4)97)50(110)45(105)28(10-89)130-71)142-79-69(58(118)47(107)30(12-91)132-79)144-74-42(87-25(7)100)54(114)63(32(14-93)135-74)140-76-60(120)56(116)48(108)35(137-76)18-127-81(80(123)124)8-26(101)37(82-20(2)95)66(145-81)44(104)27(102)9-88/h19,26-79,88-94,101-122H,8-18H2,1-7H3,(H,82,95)(H,83,96)(H,84,97)(H,85,98)(H,86,99)(H,87,100)(H,123,124)/t19-,26-,27+,28+,29+,30+,31+,32+,33+,34+,35+,36+,37+,38+,39+,40+,41+,42+,43+,44+,45-,46+,47+,48-,49+,50+,51+,52+,53+,54+,55+,56-,57-,58-,59-,60+,61-,62+,63+,64+,65+,66+,67-,68-,69-,70?,71-,72-,73-,74-,75+,76-,77-,78-,79+,81+/m0/s1. The van der Waals surface area contributed by atoms with Crippen molar-refractivity contribution >= 4 is 41.4 Å². The SMILES string of the molecule is CC(=O)N[C@H]1[C@H](O[C@H]2[C@H](O)[C@@H](NC(C)=O)C(O)O[C@@H]2CO[C@@H]2O[C@@H](C)[C@@H](O)[C@@H](O)[C@@H]2O)O[C@H](CO)[C@@H](O[C@@H]2O[C@H](CO[C@H]3O[C@H](CO)[C@@H](O)[C@H](O)[C@@H]3O[C@@H]3O[C@H](CO)[C@@H](O[C@@H]4O[C@H](CO)[C@H](O)[C@H](O)[C@H]4NC(C)=O)[C@H](O)[C@H]3NC(C)=O)[C@@H](O)[C@H](O[C@H]3O[C@H](CO)[C@@H](O)[C@H](O)[C@@H]3O[C@@H]3O[C@H](CO)[C@@H](O[C@@H]4O[C@H](CO[C@]5(C(=O)O)C[C@H](O)[C@@H](NC(C)=O)[C@H]([C@H](O)[C@H](O)CO)O5)[C@H](O)[C@H](O)[C@H]4O)[C@H](O)[C@H]3NC(C)=O)[C@@H]2O)[C@@H]1O. The summed E-state index contributed by atoms with van der Waals surface area (Å²) in [7, 11) is 0.